The molecule has 2 saturated heterocycles. The van der Waals surface area contributed by atoms with Crippen LogP contribution in [0.4, 0.5) is 0 Å². The molecule has 5 saturated carbocycles. The molecule has 0 radical (unpaired) electrons. The Kier molecular flexibility index (Phi) is 10.5. The zero-order valence-electron chi connectivity index (χ0n) is 37.8. The van der Waals surface area contributed by atoms with E-state index in [1.54, 1.807) is 0 Å². The van der Waals surface area contributed by atoms with Crippen molar-refractivity contribution in [2.45, 2.75) is 147 Å². The van der Waals surface area contributed by atoms with Gasteiger partial charge in [-0.15, -0.1) is 0 Å². The summed E-state index contributed by atoms with van der Waals surface area (Å²) >= 11 is 0. The Hall–Kier alpha value is -3.56. The van der Waals surface area contributed by atoms with Gasteiger partial charge in [0.1, 0.15) is 41.2 Å². The van der Waals surface area contributed by atoms with Crippen LogP contribution in [-0.2, 0) is 14.2 Å². The molecular formula is C52H66O13. The number of rotatable bonds is 8. The van der Waals surface area contributed by atoms with E-state index in [1.165, 1.54) is 89.2 Å². The number of aromatic carboxylic acids is 1. The van der Waals surface area contributed by atoms with Crippen molar-refractivity contribution < 1.29 is 64.3 Å². The minimum absolute atomic E-state index is 0.0553. The van der Waals surface area contributed by atoms with Gasteiger partial charge in [-0.2, -0.15) is 0 Å². The van der Waals surface area contributed by atoms with Gasteiger partial charge >= 0.3 is 5.97 Å². The Morgan fingerprint density at radius 3 is 2.45 bits per heavy atom. The third-order valence-electron chi connectivity index (χ3n) is 19.5. The number of carbonyl (C=O) groups excluding carboxylic acids is 1. The highest BCUT2D eigenvalue weighted by Crippen LogP contribution is 2.76. The standard InChI is InChI=1S/C52H66O13/c1-27-38(28(2)55)43(57)40-32(42(27)56)17-30(46(60)61)18-36(40)64-47-44(58)45(59)52(37(22-54)65-47)21-33-34-20-48(14-15-50(25-48)12-5-11-49(50)9-3-4-10-49)19-31-23-62-26-51(41(31)34,13-6-16-53)35-8-7-29(24-63-52)39(33)35/h8,17-18,31,33-34,37,41,44-45,47,53-54,56-59H,3-7,9-16,19-26H2,1-2H3,(H,60,61)/t31-,33-,34+,37-,41-,44-,45-,47-,48+,50-,51+,52-/m1/s1. The molecule has 0 unspecified atom stereocenters. The van der Waals surface area contributed by atoms with Gasteiger partial charge in [0.25, 0.3) is 0 Å². The average Bonchev–Trinajstić information content (AvgIpc) is 4.08. The summed E-state index contributed by atoms with van der Waals surface area (Å²) in [5, 5.41) is 78.9. The summed E-state index contributed by atoms with van der Waals surface area (Å²) < 4.78 is 26.4. The number of aliphatic hydroxyl groups excluding tert-OH is 4. The fourth-order valence-electron chi connectivity index (χ4n) is 17.2. The molecule has 7 fully saturated rings. The maximum Gasteiger partial charge on any atom is 0.335 e. The van der Waals surface area contributed by atoms with Crippen LogP contribution < -0.4 is 4.74 Å². The van der Waals surface area contributed by atoms with Crippen molar-refractivity contribution in [3.8, 4) is 17.2 Å². The number of ether oxygens (including phenoxy) is 4. The summed E-state index contributed by atoms with van der Waals surface area (Å²) in [6.45, 7) is 3.63. The molecule has 0 bridgehead atoms. The molecule has 3 heterocycles. The lowest BCUT2D eigenvalue weighted by Crippen LogP contribution is -2.70. The lowest BCUT2D eigenvalue weighted by molar-refractivity contribution is -0.326. The van der Waals surface area contributed by atoms with E-state index in [0.717, 1.165) is 37.0 Å². The minimum atomic E-state index is -1.78. The van der Waals surface area contributed by atoms with Crippen molar-refractivity contribution in [2.24, 2.45) is 45.3 Å². The molecule has 4 spiro atoms. The van der Waals surface area contributed by atoms with Gasteiger partial charge in [-0.25, -0.2) is 4.79 Å². The summed E-state index contributed by atoms with van der Waals surface area (Å²) in [6.07, 6.45) is 13.9. The van der Waals surface area contributed by atoms with E-state index in [-0.39, 0.29) is 81.4 Å². The van der Waals surface area contributed by atoms with Crippen molar-refractivity contribution in [1.82, 2.24) is 0 Å². The number of benzene rings is 2. The zero-order chi connectivity index (χ0) is 45.4. The van der Waals surface area contributed by atoms with Crippen molar-refractivity contribution in [3.05, 3.63) is 51.6 Å². The molecule has 0 aromatic heterocycles. The Bertz CT molecular complexity index is 2370. The van der Waals surface area contributed by atoms with Gasteiger partial charge in [0.05, 0.1) is 36.3 Å². The monoisotopic (exact) mass is 898 g/mol. The summed E-state index contributed by atoms with van der Waals surface area (Å²) in [6, 6.07) is 2.27. The molecule has 9 aliphatic rings. The van der Waals surface area contributed by atoms with Gasteiger partial charge < -0.3 is 54.7 Å². The highest BCUT2D eigenvalue weighted by atomic mass is 16.7. The van der Waals surface area contributed by atoms with Gasteiger partial charge in [0.2, 0.25) is 6.29 Å². The summed E-state index contributed by atoms with van der Waals surface area (Å²) in [5.41, 5.74) is 2.42. The molecule has 352 valence electrons. The van der Waals surface area contributed by atoms with Crippen LogP contribution in [0.15, 0.2) is 34.9 Å². The molecule has 2 aromatic carbocycles. The first kappa shape index (κ1) is 44.0. The fourth-order valence-corrected chi connectivity index (χ4v) is 17.2. The Morgan fingerprint density at radius 1 is 0.938 bits per heavy atom. The van der Waals surface area contributed by atoms with E-state index >= 15 is 0 Å². The van der Waals surface area contributed by atoms with E-state index in [1.807, 2.05) is 0 Å². The van der Waals surface area contributed by atoms with Crippen LogP contribution >= 0.6 is 0 Å². The number of carboxylic acids is 1. The zero-order valence-corrected chi connectivity index (χ0v) is 37.8. The second kappa shape index (κ2) is 15.5. The number of aromatic hydroxyl groups is 2. The Labute approximate surface area is 379 Å². The van der Waals surface area contributed by atoms with Crippen molar-refractivity contribution in [1.29, 1.82) is 0 Å². The predicted octanol–water partition coefficient (Wildman–Crippen LogP) is 7.03. The largest absolute Gasteiger partial charge is 0.507 e. The van der Waals surface area contributed by atoms with Gasteiger partial charge in [0.15, 0.2) is 5.78 Å². The van der Waals surface area contributed by atoms with Gasteiger partial charge in [-0.3, -0.25) is 4.79 Å². The lowest BCUT2D eigenvalue weighted by Gasteiger charge is -2.64. The number of allylic oxidation sites excluding steroid dienone is 2. The maximum absolute atomic E-state index is 12.7. The number of carbonyl (C=O) groups is 2. The first-order valence-electron chi connectivity index (χ1n) is 24.5. The first-order valence-corrected chi connectivity index (χ1v) is 24.5. The average molecular weight is 899 g/mol. The number of aliphatic hydroxyl groups is 4. The smallest absolute Gasteiger partial charge is 0.335 e. The quantitative estimate of drug-likeness (QED) is 0.105. The van der Waals surface area contributed by atoms with Crippen LogP contribution in [0.5, 0.6) is 17.2 Å². The third kappa shape index (κ3) is 6.13. The van der Waals surface area contributed by atoms with E-state index < -0.39 is 60.1 Å². The van der Waals surface area contributed by atoms with Gasteiger partial charge in [0, 0.05) is 29.6 Å². The fraction of sp³-hybridized carbons (Fsp3) is 0.692. The van der Waals surface area contributed by atoms with Crippen LogP contribution in [0.2, 0.25) is 0 Å². The topological polar surface area (TPSA) is 213 Å². The molecule has 7 N–H and O–H groups in total. The molecule has 12 atom stereocenters. The van der Waals surface area contributed by atoms with Crippen molar-refractivity contribution in [3.63, 3.8) is 0 Å². The number of phenolic OH excluding ortho intramolecular Hbond substituents is 2. The van der Waals surface area contributed by atoms with Crippen LogP contribution in [0, 0.1) is 52.3 Å². The molecule has 13 heteroatoms. The maximum atomic E-state index is 12.7. The number of hydrogen-bond acceptors (Lipinski definition) is 12. The SMILES string of the molecule is CC(=O)c1c(C)c(O)c2cc(C(=O)O)cc(O[C@@H]3O[C@H](CO)[C@]4(C[C@H]5C6=C(CC=C6[C@]6(CCCO)COC[C@H]7C[C@@]8(CC[C@]9(CCCC9%10CCCC%10)C8)C[C@@H]5[C@@H]76)CO4)[C@H](O)[C@H]3O)c2c1O. The minimum Gasteiger partial charge on any atom is -0.507 e. The number of phenols is 2. The molecule has 6 aliphatic carbocycles. The molecule has 11 rings (SSSR count). The lowest BCUT2D eigenvalue weighted by atomic mass is 9.42. The summed E-state index contributed by atoms with van der Waals surface area (Å²) in [4.78, 5) is 25.1. The number of carboxylic acid groups (broad SMARTS) is 1. The molecule has 3 aliphatic heterocycles. The predicted molar refractivity (Wildman–Crippen MR) is 237 cm³/mol. The van der Waals surface area contributed by atoms with Gasteiger partial charge in [-0.1, -0.05) is 25.3 Å². The second-order valence-electron chi connectivity index (χ2n) is 22.2. The molecular weight excluding hydrogens is 833 g/mol. The number of fused-ring (bicyclic) bond motifs is 4. The Morgan fingerprint density at radius 2 is 1.71 bits per heavy atom. The van der Waals surface area contributed by atoms with Crippen LogP contribution in [0.3, 0.4) is 0 Å². The normalized spacial score (nSPS) is 40.2. The number of ketones is 1. The molecule has 0 amide bonds. The Balaban J connectivity index is 0.971. The van der Waals surface area contributed by atoms with Crippen LogP contribution in [0.1, 0.15) is 136 Å². The highest BCUT2D eigenvalue weighted by Gasteiger charge is 2.69. The summed E-state index contributed by atoms with van der Waals surface area (Å²) in [5.74, 6) is -2.46. The third-order valence-corrected chi connectivity index (χ3v) is 19.5. The number of Topliss-reactive ketones (excluding diaryl/α,β-unsaturated/α-hetero) is 1. The highest BCUT2D eigenvalue weighted by molar-refractivity contribution is 6.11. The molecule has 65 heavy (non-hydrogen) atoms. The van der Waals surface area contributed by atoms with E-state index in [2.05, 4.69) is 6.08 Å². The summed E-state index contributed by atoms with van der Waals surface area (Å²) in [7, 11) is 0. The van der Waals surface area contributed by atoms with Crippen LogP contribution in [-0.4, -0.2) is 111 Å². The van der Waals surface area contributed by atoms with Crippen molar-refractivity contribution in [2.75, 3.05) is 33.0 Å². The number of hydrogen-bond donors (Lipinski definition) is 7. The van der Waals surface area contributed by atoms with E-state index in [0.29, 0.717) is 42.8 Å². The van der Waals surface area contributed by atoms with Gasteiger partial charge in [-0.05, 0) is 166 Å². The van der Waals surface area contributed by atoms with E-state index in [4.69, 9.17) is 18.9 Å². The van der Waals surface area contributed by atoms with Crippen LogP contribution in [0.25, 0.3) is 10.8 Å². The van der Waals surface area contributed by atoms with Crippen molar-refractivity contribution >= 4 is 22.5 Å². The first-order chi connectivity index (χ1) is 31.2. The van der Waals surface area contributed by atoms with E-state index in [9.17, 15) is 45.3 Å². The molecule has 2 aromatic rings. The second-order valence-corrected chi connectivity index (χ2v) is 22.2. The molecule has 13 nitrogen and oxygen atoms in total.